The third-order valence-electron chi connectivity index (χ3n) is 4.63. The van der Waals surface area contributed by atoms with Crippen LogP contribution in [0.4, 0.5) is 0 Å². The molecular formula is C17H29N3O. The number of methoxy groups -OCH3 is 1. The fraction of sp³-hybridized carbons (Fsp3) is 0.647. The average Bonchev–Trinajstić information content (AvgIpc) is 2.53. The first kappa shape index (κ1) is 16.3. The van der Waals surface area contributed by atoms with Crippen molar-refractivity contribution >= 4 is 0 Å². The lowest BCUT2D eigenvalue weighted by Crippen LogP contribution is -2.44. The van der Waals surface area contributed by atoms with E-state index in [1.54, 1.807) is 7.11 Å². The number of nitrogens with zero attached hydrogens (tertiary/aromatic N) is 2. The number of ether oxygens (including phenoxy) is 1. The Labute approximate surface area is 129 Å². The molecule has 4 heteroatoms. The monoisotopic (exact) mass is 291 g/mol. The number of likely N-dealkylation sites (tertiary alicyclic amines) is 1. The Morgan fingerprint density at radius 1 is 1.38 bits per heavy atom. The Bertz CT molecular complexity index is 430. The second kappa shape index (κ2) is 7.78. The molecular weight excluding hydrogens is 262 g/mol. The van der Waals surface area contributed by atoms with Crippen LogP contribution in [0.3, 0.4) is 0 Å². The van der Waals surface area contributed by atoms with Gasteiger partial charge >= 0.3 is 0 Å². The fourth-order valence-corrected chi connectivity index (χ4v) is 3.09. The Morgan fingerprint density at radius 2 is 2.10 bits per heavy atom. The molecule has 0 aliphatic carbocycles. The van der Waals surface area contributed by atoms with E-state index in [2.05, 4.69) is 47.4 Å². The molecule has 4 nitrogen and oxygen atoms in total. The van der Waals surface area contributed by atoms with Crippen LogP contribution < -0.4 is 10.1 Å². The number of likely N-dealkylation sites (N-methyl/N-ethyl adjacent to an activating group) is 2. The van der Waals surface area contributed by atoms with E-state index in [1.165, 1.54) is 31.5 Å². The molecule has 0 radical (unpaired) electrons. The van der Waals surface area contributed by atoms with Crippen LogP contribution >= 0.6 is 0 Å². The molecule has 0 saturated carbocycles. The second-order valence-electron chi connectivity index (χ2n) is 6.09. The van der Waals surface area contributed by atoms with Crippen LogP contribution in [0.25, 0.3) is 0 Å². The molecule has 0 aromatic heterocycles. The van der Waals surface area contributed by atoms with E-state index in [4.69, 9.17) is 4.74 Å². The number of benzene rings is 1. The van der Waals surface area contributed by atoms with Crippen molar-refractivity contribution in [3.63, 3.8) is 0 Å². The molecule has 1 fully saturated rings. The van der Waals surface area contributed by atoms with Crippen LogP contribution in [0.5, 0.6) is 5.75 Å². The summed E-state index contributed by atoms with van der Waals surface area (Å²) in [7, 11) is 8.22. The number of hydrogen-bond acceptors (Lipinski definition) is 4. The molecule has 1 aromatic carbocycles. The van der Waals surface area contributed by atoms with Crippen LogP contribution in [0.15, 0.2) is 24.3 Å². The molecule has 0 amide bonds. The van der Waals surface area contributed by atoms with Crippen LogP contribution in [0.2, 0.25) is 0 Å². The van der Waals surface area contributed by atoms with Crippen molar-refractivity contribution in [3.05, 3.63) is 29.8 Å². The molecule has 1 N–H and O–H groups in total. The van der Waals surface area contributed by atoms with Crippen molar-refractivity contribution in [1.29, 1.82) is 0 Å². The Balaban J connectivity index is 1.97. The molecule has 0 bridgehead atoms. The molecule has 1 aliphatic heterocycles. The topological polar surface area (TPSA) is 27.7 Å². The lowest BCUT2D eigenvalue weighted by molar-refractivity contribution is 0.135. The van der Waals surface area contributed by atoms with Gasteiger partial charge in [0.1, 0.15) is 5.75 Å². The summed E-state index contributed by atoms with van der Waals surface area (Å²) in [5.41, 5.74) is 1.29. The molecule has 1 unspecified atom stereocenters. The fourth-order valence-electron chi connectivity index (χ4n) is 3.09. The zero-order chi connectivity index (χ0) is 15.2. The van der Waals surface area contributed by atoms with Gasteiger partial charge in [0.05, 0.1) is 7.11 Å². The minimum Gasteiger partial charge on any atom is -0.497 e. The zero-order valence-corrected chi connectivity index (χ0v) is 13.8. The molecule has 2 rings (SSSR count). The number of hydrogen-bond donors (Lipinski definition) is 1. The van der Waals surface area contributed by atoms with E-state index < -0.39 is 0 Å². The van der Waals surface area contributed by atoms with Crippen LogP contribution in [0, 0.1) is 0 Å². The van der Waals surface area contributed by atoms with E-state index in [0.717, 1.165) is 12.3 Å². The minimum atomic E-state index is 0.338. The number of nitrogens with one attached hydrogen (secondary N) is 1. The maximum absolute atomic E-state index is 5.34. The standard InChI is InChI=1S/C17H29N3O/c1-18-17(14-6-5-7-16(12-14)21-4)13-20(3)15-8-10-19(2)11-9-15/h5-7,12,15,17-18H,8-11,13H2,1-4H3. The summed E-state index contributed by atoms with van der Waals surface area (Å²) >= 11 is 0. The summed E-state index contributed by atoms with van der Waals surface area (Å²) in [5.74, 6) is 0.926. The number of piperidine rings is 1. The van der Waals surface area contributed by atoms with Gasteiger partial charge in [0.25, 0.3) is 0 Å². The molecule has 21 heavy (non-hydrogen) atoms. The lowest BCUT2D eigenvalue weighted by atomic mass is 10.0. The highest BCUT2D eigenvalue weighted by molar-refractivity contribution is 5.30. The number of rotatable bonds is 6. The summed E-state index contributed by atoms with van der Waals surface area (Å²) in [6.45, 7) is 3.44. The smallest absolute Gasteiger partial charge is 0.119 e. The summed E-state index contributed by atoms with van der Waals surface area (Å²) in [6.07, 6.45) is 2.53. The van der Waals surface area contributed by atoms with E-state index in [-0.39, 0.29) is 0 Å². The van der Waals surface area contributed by atoms with E-state index in [1.807, 2.05) is 13.1 Å². The van der Waals surface area contributed by atoms with Gasteiger partial charge in [-0.3, -0.25) is 0 Å². The first-order valence-corrected chi connectivity index (χ1v) is 7.84. The maximum atomic E-state index is 5.34. The van der Waals surface area contributed by atoms with Gasteiger partial charge in [0, 0.05) is 18.6 Å². The van der Waals surface area contributed by atoms with Gasteiger partial charge in [-0.2, -0.15) is 0 Å². The first-order valence-electron chi connectivity index (χ1n) is 7.84. The molecule has 118 valence electrons. The van der Waals surface area contributed by atoms with E-state index >= 15 is 0 Å². The SMILES string of the molecule is CNC(CN(C)C1CCN(C)CC1)c1cccc(OC)c1. The predicted octanol–water partition coefficient (Wildman–Crippen LogP) is 1.98. The van der Waals surface area contributed by atoms with Gasteiger partial charge in [-0.05, 0) is 64.8 Å². The second-order valence-corrected chi connectivity index (χ2v) is 6.09. The summed E-state index contributed by atoms with van der Waals surface area (Å²) in [6, 6.07) is 9.40. The van der Waals surface area contributed by atoms with Crippen molar-refractivity contribution in [2.45, 2.75) is 24.9 Å². The molecule has 1 aliphatic rings. The van der Waals surface area contributed by atoms with Crippen LogP contribution in [-0.4, -0.2) is 63.7 Å². The van der Waals surface area contributed by atoms with Gasteiger partial charge in [0.2, 0.25) is 0 Å². The van der Waals surface area contributed by atoms with Gasteiger partial charge in [-0.15, -0.1) is 0 Å². The Hall–Kier alpha value is -1.10. The van der Waals surface area contributed by atoms with Crippen molar-refractivity contribution in [2.75, 3.05) is 47.9 Å². The van der Waals surface area contributed by atoms with Crippen molar-refractivity contribution in [1.82, 2.24) is 15.1 Å². The Morgan fingerprint density at radius 3 is 2.71 bits per heavy atom. The van der Waals surface area contributed by atoms with Crippen molar-refractivity contribution < 1.29 is 4.74 Å². The highest BCUT2D eigenvalue weighted by atomic mass is 16.5. The van der Waals surface area contributed by atoms with E-state index in [0.29, 0.717) is 12.1 Å². The maximum Gasteiger partial charge on any atom is 0.119 e. The van der Waals surface area contributed by atoms with Crippen LogP contribution in [-0.2, 0) is 0 Å². The largest absolute Gasteiger partial charge is 0.497 e. The third-order valence-corrected chi connectivity index (χ3v) is 4.63. The van der Waals surface area contributed by atoms with Gasteiger partial charge in [-0.1, -0.05) is 12.1 Å². The average molecular weight is 291 g/mol. The molecule has 1 aromatic rings. The molecule has 1 atom stereocenters. The highest BCUT2D eigenvalue weighted by Gasteiger charge is 2.22. The normalized spacial score (nSPS) is 18.9. The quantitative estimate of drug-likeness (QED) is 0.867. The van der Waals surface area contributed by atoms with Crippen molar-refractivity contribution in [3.8, 4) is 5.75 Å². The summed E-state index contributed by atoms with van der Waals surface area (Å²) in [4.78, 5) is 4.93. The molecule has 1 heterocycles. The third kappa shape index (κ3) is 4.43. The molecule has 1 saturated heterocycles. The zero-order valence-electron chi connectivity index (χ0n) is 13.8. The Kier molecular flexibility index (Phi) is 6.03. The molecule has 0 spiro atoms. The predicted molar refractivity (Wildman–Crippen MR) is 87.9 cm³/mol. The van der Waals surface area contributed by atoms with Crippen LogP contribution in [0.1, 0.15) is 24.4 Å². The summed E-state index contributed by atoms with van der Waals surface area (Å²) in [5, 5.41) is 3.44. The first-order chi connectivity index (χ1) is 10.1. The van der Waals surface area contributed by atoms with Gasteiger partial charge in [-0.25, -0.2) is 0 Å². The lowest BCUT2D eigenvalue weighted by Gasteiger charge is -2.36. The van der Waals surface area contributed by atoms with E-state index in [9.17, 15) is 0 Å². The van der Waals surface area contributed by atoms with Gasteiger partial charge in [0.15, 0.2) is 0 Å². The van der Waals surface area contributed by atoms with Gasteiger partial charge < -0.3 is 19.9 Å². The van der Waals surface area contributed by atoms with Crippen molar-refractivity contribution in [2.24, 2.45) is 0 Å². The highest BCUT2D eigenvalue weighted by Crippen LogP contribution is 2.22. The minimum absolute atomic E-state index is 0.338. The summed E-state index contributed by atoms with van der Waals surface area (Å²) < 4.78 is 5.34.